The summed E-state index contributed by atoms with van der Waals surface area (Å²) in [7, 11) is 1.61. The molecule has 0 radical (unpaired) electrons. The number of nitrogens with zero attached hydrogens (tertiary/aromatic N) is 1. The highest BCUT2D eigenvalue weighted by Gasteiger charge is 2.20. The number of fused-ring (bicyclic) bond motifs is 1. The van der Waals surface area contributed by atoms with Crippen molar-refractivity contribution in [3.8, 4) is 16.9 Å². The highest BCUT2D eigenvalue weighted by molar-refractivity contribution is 6.01. The third kappa shape index (κ3) is 4.90. The van der Waals surface area contributed by atoms with Crippen molar-refractivity contribution in [2.24, 2.45) is 0 Å². The molecule has 4 rings (SSSR count). The zero-order valence-corrected chi connectivity index (χ0v) is 18.0. The number of rotatable bonds is 7. The van der Waals surface area contributed by atoms with Gasteiger partial charge < -0.3 is 20.5 Å². The van der Waals surface area contributed by atoms with Gasteiger partial charge in [0.2, 0.25) is 5.91 Å². The molecule has 1 atom stereocenters. The van der Waals surface area contributed by atoms with E-state index in [-0.39, 0.29) is 25.0 Å². The molecule has 1 unspecified atom stereocenters. The van der Waals surface area contributed by atoms with Crippen molar-refractivity contribution in [1.29, 1.82) is 0 Å². The molecule has 7 nitrogen and oxygen atoms in total. The van der Waals surface area contributed by atoms with Crippen LogP contribution >= 0.6 is 0 Å². The number of benzene rings is 3. The average molecular weight is 434 g/mol. The molecule has 0 saturated carbocycles. The van der Waals surface area contributed by atoms with Crippen molar-refractivity contribution in [3.63, 3.8) is 0 Å². The maximum Gasteiger partial charge on any atom is 0.251 e. The smallest absolute Gasteiger partial charge is 0.251 e. The number of aliphatic hydroxyl groups excluding tert-OH is 1. The molecule has 1 heterocycles. The SMILES string of the molecule is CNC(=O)c1cccc(-c2c(OCC(O)CN3CCNC(=O)C3)ccc3ccccc23)c1. The van der Waals surface area contributed by atoms with Crippen LogP contribution in [-0.4, -0.2) is 67.8 Å². The molecule has 0 bridgehead atoms. The third-order valence-electron chi connectivity index (χ3n) is 5.55. The van der Waals surface area contributed by atoms with Gasteiger partial charge in [-0.25, -0.2) is 0 Å². The van der Waals surface area contributed by atoms with Crippen molar-refractivity contribution in [2.75, 3.05) is 39.8 Å². The van der Waals surface area contributed by atoms with Crippen molar-refractivity contribution in [2.45, 2.75) is 6.10 Å². The lowest BCUT2D eigenvalue weighted by Gasteiger charge is -2.28. The first-order valence-corrected chi connectivity index (χ1v) is 10.7. The predicted octanol–water partition coefficient (Wildman–Crippen LogP) is 2.04. The summed E-state index contributed by atoms with van der Waals surface area (Å²) in [6.07, 6.45) is -0.738. The van der Waals surface area contributed by atoms with Gasteiger partial charge in [0.15, 0.2) is 0 Å². The fourth-order valence-corrected chi connectivity index (χ4v) is 4.01. The summed E-state index contributed by atoms with van der Waals surface area (Å²) in [5, 5.41) is 18.0. The summed E-state index contributed by atoms with van der Waals surface area (Å²) < 4.78 is 6.08. The molecule has 0 spiro atoms. The maximum absolute atomic E-state index is 12.2. The Morgan fingerprint density at radius 3 is 2.84 bits per heavy atom. The second-order valence-electron chi connectivity index (χ2n) is 7.87. The van der Waals surface area contributed by atoms with Gasteiger partial charge in [0.05, 0.1) is 6.54 Å². The molecular formula is C25H27N3O4. The third-order valence-corrected chi connectivity index (χ3v) is 5.55. The summed E-state index contributed by atoms with van der Waals surface area (Å²) in [6.45, 7) is 2.03. The largest absolute Gasteiger partial charge is 0.490 e. The Morgan fingerprint density at radius 2 is 2.03 bits per heavy atom. The number of nitrogens with one attached hydrogen (secondary N) is 2. The van der Waals surface area contributed by atoms with Crippen LogP contribution in [0.25, 0.3) is 21.9 Å². The monoisotopic (exact) mass is 433 g/mol. The molecule has 1 aliphatic heterocycles. The van der Waals surface area contributed by atoms with Gasteiger partial charge in [-0.1, -0.05) is 42.5 Å². The van der Waals surface area contributed by atoms with E-state index in [4.69, 9.17) is 4.74 Å². The van der Waals surface area contributed by atoms with Crippen molar-refractivity contribution in [1.82, 2.24) is 15.5 Å². The number of hydrogen-bond donors (Lipinski definition) is 3. The van der Waals surface area contributed by atoms with E-state index in [2.05, 4.69) is 10.6 Å². The topological polar surface area (TPSA) is 90.9 Å². The second-order valence-corrected chi connectivity index (χ2v) is 7.87. The van der Waals surface area contributed by atoms with Crippen LogP contribution in [0, 0.1) is 0 Å². The zero-order valence-electron chi connectivity index (χ0n) is 18.0. The van der Waals surface area contributed by atoms with Gasteiger partial charge >= 0.3 is 0 Å². The first kappa shape index (κ1) is 21.8. The van der Waals surface area contributed by atoms with Crippen LogP contribution in [0.2, 0.25) is 0 Å². The fraction of sp³-hybridized carbons (Fsp3) is 0.280. The lowest BCUT2D eigenvalue weighted by Crippen LogP contribution is -2.50. The Labute approximate surface area is 187 Å². The Balaban J connectivity index is 1.61. The lowest BCUT2D eigenvalue weighted by molar-refractivity contribution is -0.124. The Kier molecular flexibility index (Phi) is 6.68. The highest BCUT2D eigenvalue weighted by atomic mass is 16.5. The number of piperazine rings is 1. The minimum Gasteiger partial charge on any atom is -0.490 e. The number of amides is 2. The molecule has 0 aliphatic carbocycles. The molecule has 3 aromatic carbocycles. The average Bonchev–Trinajstić information content (AvgIpc) is 2.82. The summed E-state index contributed by atoms with van der Waals surface area (Å²) in [4.78, 5) is 25.6. The fourth-order valence-electron chi connectivity index (χ4n) is 4.01. The molecule has 3 aromatic rings. The summed E-state index contributed by atoms with van der Waals surface area (Å²) in [6, 6.07) is 19.3. The van der Waals surface area contributed by atoms with Crippen LogP contribution in [-0.2, 0) is 4.79 Å². The van der Waals surface area contributed by atoms with Crippen LogP contribution < -0.4 is 15.4 Å². The molecule has 3 N–H and O–H groups in total. The van der Waals surface area contributed by atoms with Gasteiger partial charge in [-0.05, 0) is 34.5 Å². The Morgan fingerprint density at radius 1 is 1.19 bits per heavy atom. The summed E-state index contributed by atoms with van der Waals surface area (Å²) in [5.74, 6) is 0.445. The van der Waals surface area contributed by atoms with E-state index >= 15 is 0 Å². The van der Waals surface area contributed by atoms with Gasteiger partial charge in [0.25, 0.3) is 5.91 Å². The molecular weight excluding hydrogens is 406 g/mol. The molecule has 1 saturated heterocycles. The first-order chi connectivity index (χ1) is 15.5. The predicted molar refractivity (Wildman–Crippen MR) is 124 cm³/mol. The van der Waals surface area contributed by atoms with E-state index in [1.807, 2.05) is 59.5 Å². The molecule has 0 aromatic heterocycles. The van der Waals surface area contributed by atoms with E-state index < -0.39 is 6.10 Å². The number of ether oxygens (including phenoxy) is 1. The normalized spacial score (nSPS) is 15.2. The van der Waals surface area contributed by atoms with Crippen molar-refractivity contribution in [3.05, 3.63) is 66.2 Å². The highest BCUT2D eigenvalue weighted by Crippen LogP contribution is 2.37. The molecule has 166 valence electrons. The van der Waals surface area contributed by atoms with Gasteiger partial charge in [-0.15, -0.1) is 0 Å². The van der Waals surface area contributed by atoms with E-state index in [1.54, 1.807) is 13.1 Å². The van der Waals surface area contributed by atoms with Crippen molar-refractivity contribution >= 4 is 22.6 Å². The Hall–Kier alpha value is -3.42. The molecule has 2 amide bonds. The Bertz CT molecular complexity index is 1130. The number of hydrogen-bond acceptors (Lipinski definition) is 5. The number of carbonyl (C=O) groups excluding carboxylic acids is 2. The van der Waals surface area contributed by atoms with E-state index in [0.29, 0.717) is 30.9 Å². The van der Waals surface area contributed by atoms with Crippen molar-refractivity contribution < 1.29 is 19.4 Å². The molecule has 1 aliphatic rings. The molecule has 1 fully saturated rings. The lowest BCUT2D eigenvalue weighted by atomic mass is 9.96. The van der Waals surface area contributed by atoms with Gasteiger partial charge in [-0.3, -0.25) is 14.5 Å². The van der Waals surface area contributed by atoms with Gasteiger partial charge in [-0.2, -0.15) is 0 Å². The number of aliphatic hydroxyl groups is 1. The number of carbonyl (C=O) groups is 2. The summed E-state index contributed by atoms with van der Waals surface area (Å²) >= 11 is 0. The van der Waals surface area contributed by atoms with E-state index in [0.717, 1.165) is 21.9 Å². The van der Waals surface area contributed by atoms with E-state index in [1.165, 1.54) is 0 Å². The van der Waals surface area contributed by atoms with Gasteiger partial charge in [0.1, 0.15) is 18.5 Å². The quantitative estimate of drug-likeness (QED) is 0.531. The standard InChI is InChI=1S/C25H27N3O4/c1-26-25(31)19-7-4-6-18(13-19)24-21-8-3-2-5-17(21)9-10-22(24)32-16-20(29)14-28-12-11-27-23(30)15-28/h2-10,13,20,29H,11-12,14-16H2,1H3,(H,26,31)(H,27,30). The molecule has 32 heavy (non-hydrogen) atoms. The number of β-amino-alcohol motifs (C(OH)–C–C–N with tert-alkyl or cyclic N) is 1. The molecule has 7 heteroatoms. The van der Waals surface area contributed by atoms with Crippen LogP contribution in [0.1, 0.15) is 10.4 Å². The van der Waals surface area contributed by atoms with Crippen LogP contribution in [0.15, 0.2) is 60.7 Å². The zero-order chi connectivity index (χ0) is 22.5. The maximum atomic E-state index is 12.2. The first-order valence-electron chi connectivity index (χ1n) is 10.7. The van der Waals surface area contributed by atoms with Gasteiger partial charge in [0, 0.05) is 37.8 Å². The second kappa shape index (κ2) is 9.80. The minimum atomic E-state index is -0.738. The summed E-state index contributed by atoms with van der Waals surface area (Å²) in [5.41, 5.74) is 2.30. The van der Waals surface area contributed by atoms with Crippen LogP contribution in [0.4, 0.5) is 0 Å². The van der Waals surface area contributed by atoms with E-state index in [9.17, 15) is 14.7 Å². The van der Waals surface area contributed by atoms with Crippen LogP contribution in [0.3, 0.4) is 0 Å². The van der Waals surface area contributed by atoms with Crippen LogP contribution in [0.5, 0.6) is 5.75 Å². The minimum absolute atomic E-state index is 0.0304.